The standard InChI is InChI=1S/C25H16.C6H4N2O6/c1-2-8-17-16(7-1)15-24-18(17)11-5-12-20(24)23-14-6-13-22-19-9-3-4-10-21(19)25(22)23;9-4-2-1-3(7(11)12)5(6(4)10)8(13)14/h1-13,15H,14H2;1-2,9-10H. The largest absolute Gasteiger partial charge is 0.504 e. The van der Waals surface area contributed by atoms with Gasteiger partial charge < -0.3 is 10.2 Å². The third kappa shape index (κ3) is 3.77. The van der Waals surface area contributed by atoms with Crippen molar-refractivity contribution < 1.29 is 20.1 Å². The van der Waals surface area contributed by atoms with Gasteiger partial charge in [0.2, 0.25) is 5.75 Å². The Morgan fingerprint density at radius 3 is 2.15 bits per heavy atom. The molecule has 0 atom stereocenters. The van der Waals surface area contributed by atoms with Crippen molar-refractivity contribution in [3.8, 4) is 22.6 Å². The van der Waals surface area contributed by atoms with Crippen LogP contribution in [0.15, 0.2) is 91.0 Å². The first-order valence-corrected chi connectivity index (χ1v) is 12.1. The first-order valence-electron chi connectivity index (χ1n) is 12.1. The van der Waals surface area contributed by atoms with Crippen LogP contribution in [-0.2, 0) is 0 Å². The summed E-state index contributed by atoms with van der Waals surface area (Å²) in [5.41, 5.74) is 9.20. The first kappa shape index (κ1) is 23.9. The number of phenolic OH excluding ortho intramolecular Hbond substituents is 2. The Morgan fingerprint density at radius 2 is 1.41 bits per heavy atom. The monoisotopic (exact) mass is 516 g/mol. The summed E-state index contributed by atoms with van der Waals surface area (Å²) in [6, 6.07) is 25.8. The minimum atomic E-state index is -1.13. The van der Waals surface area contributed by atoms with Crippen LogP contribution in [0, 0.1) is 20.2 Å². The molecule has 3 aliphatic rings. The molecule has 4 aromatic rings. The van der Waals surface area contributed by atoms with Crippen molar-refractivity contribution in [2.75, 3.05) is 0 Å². The average molecular weight is 517 g/mol. The second kappa shape index (κ2) is 9.11. The average Bonchev–Trinajstić information content (AvgIpc) is 3.31. The summed E-state index contributed by atoms with van der Waals surface area (Å²) in [5, 5.41) is 41.3. The molecule has 0 heterocycles. The third-order valence-electron chi connectivity index (χ3n) is 7.13. The molecule has 39 heavy (non-hydrogen) atoms. The lowest BCUT2D eigenvalue weighted by Crippen LogP contribution is -2.29. The van der Waals surface area contributed by atoms with Gasteiger partial charge in [-0.05, 0) is 73.5 Å². The second-order valence-electron chi connectivity index (χ2n) is 9.23. The fourth-order valence-corrected chi connectivity index (χ4v) is 5.42. The predicted octanol–water partition coefficient (Wildman–Crippen LogP) is 5.45. The summed E-state index contributed by atoms with van der Waals surface area (Å²) in [5.74, 6) is -1.88. The molecule has 8 nitrogen and oxygen atoms in total. The lowest BCUT2D eigenvalue weighted by atomic mass is 9.73. The van der Waals surface area contributed by atoms with Gasteiger partial charge in [0, 0.05) is 6.07 Å². The maximum atomic E-state index is 10.3. The van der Waals surface area contributed by atoms with Crippen LogP contribution in [0.3, 0.4) is 0 Å². The molecule has 0 bridgehead atoms. The summed E-state index contributed by atoms with van der Waals surface area (Å²) >= 11 is 0. The molecule has 2 N–H and O–H groups in total. The molecular weight excluding hydrogens is 496 g/mol. The Hall–Kier alpha value is -5.50. The van der Waals surface area contributed by atoms with Crippen LogP contribution in [0.2, 0.25) is 0 Å². The van der Waals surface area contributed by atoms with Crippen molar-refractivity contribution in [2.24, 2.45) is 0 Å². The Kier molecular flexibility index (Phi) is 5.58. The van der Waals surface area contributed by atoms with E-state index in [4.69, 9.17) is 10.2 Å². The van der Waals surface area contributed by atoms with Crippen molar-refractivity contribution in [2.45, 2.75) is 6.42 Å². The molecule has 0 spiro atoms. The molecule has 0 saturated heterocycles. The quantitative estimate of drug-likeness (QED) is 0.183. The molecule has 0 fully saturated rings. The van der Waals surface area contributed by atoms with E-state index < -0.39 is 32.7 Å². The van der Waals surface area contributed by atoms with E-state index in [0.29, 0.717) is 0 Å². The molecule has 0 saturated carbocycles. The Bertz CT molecular complexity index is 1920. The maximum Gasteiger partial charge on any atom is 0.391 e. The fraction of sp³-hybridized carbons (Fsp3) is 0.0323. The van der Waals surface area contributed by atoms with Crippen molar-refractivity contribution in [3.05, 3.63) is 138 Å². The fourth-order valence-electron chi connectivity index (χ4n) is 5.42. The maximum absolute atomic E-state index is 10.3. The zero-order chi connectivity index (χ0) is 27.3. The zero-order valence-electron chi connectivity index (χ0n) is 20.4. The van der Waals surface area contributed by atoms with Crippen LogP contribution < -0.4 is 10.4 Å². The SMILES string of the molecule is C1=CC2=C(C(=c3cccc4c3=Cc3ccccc3-4)C1)c1ccccc12.O=[N+]([O-])c1ccc(O)c(O)c1[N+](=O)[O-]. The lowest BCUT2D eigenvalue weighted by molar-refractivity contribution is -0.423. The van der Waals surface area contributed by atoms with Gasteiger partial charge in [-0.1, -0.05) is 78.9 Å². The smallest absolute Gasteiger partial charge is 0.391 e. The summed E-state index contributed by atoms with van der Waals surface area (Å²) in [7, 11) is 0. The Labute approximate surface area is 221 Å². The highest BCUT2D eigenvalue weighted by Crippen LogP contribution is 2.48. The lowest BCUT2D eigenvalue weighted by Gasteiger charge is -2.30. The summed E-state index contributed by atoms with van der Waals surface area (Å²) in [4.78, 5) is 18.5. The molecule has 3 aliphatic carbocycles. The molecule has 0 radical (unpaired) electrons. The van der Waals surface area contributed by atoms with Crippen LogP contribution in [-0.4, -0.2) is 20.1 Å². The number of aromatic hydroxyl groups is 2. The van der Waals surface area contributed by atoms with Crippen LogP contribution in [0.1, 0.15) is 23.1 Å². The van der Waals surface area contributed by atoms with E-state index in [-0.39, 0.29) is 0 Å². The highest BCUT2D eigenvalue weighted by molar-refractivity contribution is 6.22. The van der Waals surface area contributed by atoms with E-state index >= 15 is 0 Å². The second-order valence-corrected chi connectivity index (χ2v) is 9.23. The topological polar surface area (TPSA) is 127 Å². The molecule has 0 amide bonds. The van der Waals surface area contributed by atoms with Crippen LogP contribution >= 0.6 is 0 Å². The van der Waals surface area contributed by atoms with Crippen LogP contribution in [0.25, 0.3) is 33.9 Å². The molecule has 8 heteroatoms. The zero-order valence-corrected chi connectivity index (χ0v) is 20.4. The normalized spacial score (nSPS) is 15.0. The minimum Gasteiger partial charge on any atom is -0.504 e. The van der Waals surface area contributed by atoms with Crippen molar-refractivity contribution in [1.29, 1.82) is 0 Å². The number of nitrogens with zero attached hydrogens (tertiary/aromatic N) is 2. The van der Waals surface area contributed by atoms with Gasteiger partial charge in [0.25, 0.3) is 0 Å². The number of nitro groups is 2. The van der Waals surface area contributed by atoms with Crippen molar-refractivity contribution in [1.82, 2.24) is 0 Å². The number of rotatable bonds is 2. The highest BCUT2D eigenvalue weighted by Gasteiger charge is 2.31. The van der Waals surface area contributed by atoms with Crippen molar-refractivity contribution in [3.63, 3.8) is 0 Å². The van der Waals surface area contributed by atoms with Crippen molar-refractivity contribution >= 4 is 34.2 Å². The van der Waals surface area contributed by atoms with Gasteiger partial charge in [-0.15, -0.1) is 0 Å². The molecular formula is C31H20N2O6. The minimum absolute atomic E-state index is 0.743. The highest BCUT2D eigenvalue weighted by atomic mass is 16.6. The van der Waals surface area contributed by atoms with Crippen LogP contribution in [0.5, 0.6) is 11.5 Å². The molecule has 7 rings (SSSR count). The van der Waals surface area contributed by atoms with Crippen LogP contribution in [0.4, 0.5) is 11.4 Å². The van der Waals surface area contributed by atoms with Gasteiger partial charge in [0.1, 0.15) is 0 Å². The van der Waals surface area contributed by atoms with E-state index in [1.165, 1.54) is 55.0 Å². The molecule has 0 unspecified atom stereocenters. The van der Waals surface area contributed by atoms with Gasteiger partial charge in [-0.3, -0.25) is 20.2 Å². The van der Waals surface area contributed by atoms with Gasteiger partial charge in [0.05, 0.1) is 9.85 Å². The van der Waals surface area contributed by atoms with E-state index in [0.717, 1.165) is 18.6 Å². The van der Waals surface area contributed by atoms with E-state index in [2.05, 4.69) is 85.0 Å². The Balaban J connectivity index is 0.000000170. The number of benzene rings is 4. The van der Waals surface area contributed by atoms with E-state index in [9.17, 15) is 20.2 Å². The number of hydrogen-bond acceptors (Lipinski definition) is 6. The van der Waals surface area contributed by atoms with E-state index in [1.54, 1.807) is 0 Å². The van der Waals surface area contributed by atoms with Gasteiger partial charge in [-0.25, -0.2) is 0 Å². The van der Waals surface area contributed by atoms with E-state index in [1.807, 2.05) is 0 Å². The van der Waals surface area contributed by atoms with Gasteiger partial charge in [0.15, 0.2) is 5.75 Å². The van der Waals surface area contributed by atoms with Gasteiger partial charge >= 0.3 is 11.4 Å². The summed E-state index contributed by atoms with van der Waals surface area (Å²) in [6.07, 6.45) is 7.97. The number of allylic oxidation sites excluding steroid dienone is 4. The molecule has 0 aliphatic heterocycles. The molecule has 0 aromatic heterocycles. The molecule has 4 aromatic carbocycles. The molecule has 190 valence electrons. The predicted molar refractivity (Wildman–Crippen MR) is 148 cm³/mol. The number of fused-ring (bicyclic) bond motifs is 6. The summed E-state index contributed by atoms with van der Waals surface area (Å²) < 4.78 is 0. The number of nitro benzene ring substituents is 2. The third-order valence-corrected chi connectivity index (χ3v) is 7.13. The Morgan fingerprint density at radius 1 is 0.718 bits per heavy atom. The van der Waals surface area contributed by atoms with Gasteiger partial charge in [-0.2, -0.15) is 0 Å². The number of phenols is 2. The summed E-state index contributed by atoms with van der Waals surface area (Å²) in [6.45, 7) is 0. The first-order chi connectivity index (χ1) is 18.9. The number of hydrogen-bond donors (Lipinski definition) is 2.